The first-order chi connectivity index (χ1) is 11.9. The predicted molar refractivity (Wildman–Crippen MR) is 104 cm³/mol. The van der Waals surface area contributed by atoms with Gasteiger partial charge < -0.3 is 0 Å². The summed E-state index contributed by atoms with van der Waals surface area (Å²) in [6.07, 6.45) is 15.5. The van der Waals surface area contributed by atoms with Crippen LogP contribution in [-0.2, 0) is 12.8 Å². The number of unbranched alkanes of at least 4 members (excludes halogenated alkanes) is 3. The molecule has 24 heavy (non-hydrogen) atoms. The molecule has 0 saturated carbocycles. The van der Waals surface area contributed by atoms with Crippen molar-refractivity contribution >= 4 is 5.57 Å². The molecule has 0 fully saturated rings. The summed E-state index contributed by atoms with van der Waals surface area (Å²) in [7, 11) is 0. The SMILES string of the molecule is CCCCCCc1c(C2=CC=CC2)ccc2c1Cc1ccccc1-2. The van der Waals surface area contributed by atoms with E-state index in [0.717, 1.165) is 12.8 Å². The van der Waals surface area contributed by atoms with Gasteiger partial charge in [-0.25, -0.2) is 0 Å². The molecule has 0 saturated heterocycles. The number of hydrogen-bond donors (Lipinski definition) is 0. The van der Waals surface area contributed by atoms with Crippen LogP contribution in [0.15, 0.2) is 54.6 Å². The zero-order chi connectivity index (χ0) is 16.4. The fourth-order valence-corrected chi connectivity index (χ4v) is 4.24. The first-order valence-electron chi connectivity index (χ1n) is 9.47. The van der Waals surface area contributed by atoms with Gasteiger partial charge in [-0.2, -0.15) is 0 Å². The van der Waals surface area contributed by atoms with Crippen LogP contribution in [0.1, 0.15) is 61.3 Å². The summed E-state index contributed by atoms with van der Waals surface area (Å²) < 4.78 is 0. The van der Waals surface area contributed by atoms with Crippen LogP contribution in [-0.4, -0.2) is 0 Å². The van der Waals surface area contributed by atoms with Crippen molar-refractivity contribution in [1.29, 1.82) is 0 Å². The monoisotopic (exact) mass is 314 g/mol. The van der Waals surface area contributed by atoms with Crippen molar-refractivity contribution in [2.24, 2.45) is 0 Å². The highest BCUT2D eigenvalue weighted by Gasteiger charge is 2.23. The van der Waals surface area contributed by atoms with E-state index in [0.29, 0.717) is 0 Å². The van der Waals surface area contributed by atoms with Crippen molar-refractivity contribution in [3.8, 4) is 11.1 Å². The molecule has 0 unspecified atom stereocenters. The minimum atomic E-state index is 1.09. The molecule has 0 N–H and O–H groups in total. The second-order valence-electron chi connectivity index (χ2n) is 7.09. The first-order valence-corrected chi connectivity index (χ1v) is 9.47. The molecule has 0 heterocycles. The minimum absolute atomic E-state index is 1.09. The van der Waals surface area contributed by atoms with Crippen LogP contribution in [0.4, 0.5) is 0 Å². The van der Waals surface area contributed by atoms with Gasteiger partial charge >= 0.3 is 0 Å². The molecule has 0 amide bonds. The molecule has 2 aliphatic rings. The van der Waals surface area contributed by atoms with Crippen molar-refractivity contribution in [1.82, 2.24) is 0 Å². The zero-order valence-electron chi connectivity index (χ0n) is 14.6. The molecule has 122 valence electrons. The standard InChI is InChI=1S/C24H26/c1-2-3-4-5-14-22-21(18-10-6-7-11-18)15-16-23-20-13-9-8-12-19(20)17-24(22)23/h6-10,12-13,15-16H,2-5,11,14,17H2,1H3. The Bertz CT molecular complexity index is 805. The molecule has 2 aromatic rings. The highest BCUT2D eigenvalue weighted by Crippen LogP contribution is 2.42. The van der Waals surface area contributed by atoms with Gasteiger partial charge in [0, 0.05) is 0 Å². The Balaban J connectivity index is 1.73. The molecular formula is C24H26. The fraction of sp³-hybridized carbons (Fsp3) is 0.333. The van der Waals surface area contributed by atoms with Gasteiger partial charge in [0.2, 0.25) is 0 Å². The molecule has 2 aliphatic carbocycles. The molecule has 0 aromatic heterocycles. The molecule has 0 bridgehead atoms. The molecule has 0 radical (unpaired) electrons. The van der Waals surface area contributed by atoms with Gasteiger partial charge in [0.25, 0.3) is 0 Å². The van der Waals surface area contributed by atoms with Gasteiger partial charge in [-0.3, -0.25) is 0 Å². The molecule has 0 nitrogen and oxygen atoms in total. The number of fused-ring (bicyclic) bond motifs is 3. The Morgan fingerprint density at radius 2 is 1.75 bits per heavy atom. The van der Waals surface area contributed by atoms with E-state index in [9.17, 15) is 0 Å². The summed E-state index contributed by atoms with van der Waals surface area (Å²) in [6.45, 7) is 2.29. The summed E-state index contributed by atoms with van der Waals surface area (Å²) in [5.41, 5.74) is 10.6. The van der Waals surface area contributed by atoms with E-state index in [1.807, 2.05) is 0 Å². The number of benzene rings is 2. The van der Waals surface area contributed by atoms with E-state index >= 15 is 0 Å². The largest absolute Gasteiger partial charge is 0.0801 e. The number of rotatable bonds is 6. The normalized spacial score (nSPS) is 14.6. The van der Waals surface area contributed by atoms with Crippen LogP contribution in [0.3, 0.4) is 0 Å². The Labute approximate surface area is 145 Å². The van der Waals surface area contributed by atoms with E-state index in [4.69, 9.17) is 0 Å². The van der Waals surface area contributed by atoms with Gasteiger partial charge in [0.1, 0.15) is 0 Å². The maximum atomic E-state index is 2.38. The lowest BCUT2D eigenvalue weighted by atomic mass is 9.88. The predicted octanol–water partition coefficient (Wildman–Crippen LogP) is 6.72. The van der Waals surface area contributed by atoms with Crippen LogP contribution in [0.25, 0.3) is 16.7 Å². The lowest BCUT2D eigenvalue weighted by molar-refractivity contribution is 0.665. The quantitative estimate of drug-likeness (QED) is 0.443. The molecule has 0 spiro atoms. The first kappa shape index (κ1) is 15.4. The Morgan fingerprint density at radius 3 is 2.58 bits per heavy atom. The fourth-order valence-electron chi connectivity index (χ4n) is 4.24. The topological polar surface area (TPSA) is 0 Å². The molecule has 0 aliphatic heterocycles. The van der Waals surface area contributed by atoms with E-state index < -0.39 is 0 Å². The van der Waals surface area contributed by atoms with E-state index in [-0.39, 0.29) is 0 Å². The minimum Gasteiger partial charge on any atom is -0.0801 e. The molecule has 4 rings (SSSR count). The Hall–Kier alpha value is -2.08. The third-order valence-corrected chi connectivity index (χ3v) is 5.50. The zero-order valence-corrected chi connectivity index (χ0v) is 14.6. The lowest BCUT2D eigenvalue weighted by Gasteiger charge is -2.16. The van der Waals surface area contributed by atoms with Crippen LogP contribution in [0.2, 0.25) is 0 Å². The third kappa shape index (κ3) is 2.75. The maximum Gasteiger partial charge on any atom is -0.00105 e. The smallest absolute Gasteiger partial charge is 0.00105 e. The molecule has 2 aromatic carbocycles. The number of hydrogen-bond acceptors (Lipinski definition) is 0. The summed E-state index contributed by atoms with van der Waals surface area (Å²) in [5, 5.41) is 0. The van der Waals surface area contributed by atoms with Crippen molar-refractivity contribution in [2.75, 3.05) is 0 Å². The maximum absolute atomic E-state index is 2.38. The summed E-state index contributed by atoms with van der Waals surface area (Å²) in [4.78, 5) is 0. The van der Waals surface area contributed by atoms with Gasteiger partial charge in [-0.15, -0.1) is 0 Å². The highest BCUT2D eigenvalue weighted by atomic mass is 14.3. The van der Waals surface area contributed by atoms with Gasteiger partial charge in [-0.1, -0.05) is 80.8 Å². The van der Waals surface area contributed by atoms with Crippen LogP contribution < -0.4 is 0 Å². The average molecular weight is 314 g/mol. The second-order valence-corrected chi connectivity index (χ2v) is 7.09. The Morgan fingerprint density at radius 1 is 0.875 bits per heavy atom. The van der Waals surface area contributed by atoms with Gasteiger partial charge in [0.05, 0.1) is 0 Å². The van der Waals surface area contributed by atoms with Crippen LogP contribution >= 0.6 is 0 Å². The third-order valence-electron chi connectivity index (χ3n) is 5.50. The van der Waals surface area contributed by atoms with Crippen molar-refractivity contribution in [2.45, 2.75) is 51.9 Å². The van der Waals surface area contributed by atoms with Crippen molar-refractivity contribution < 1.29 is 0 Å². The average Bonchev–Trinajstić information content (AvgIpc) is 3.26. The van der Waals surface area contributed by atoms with Gasteiger partial charge in [0.15, 0.2) is 0 Å². The number of allylic oxidation sites excluding steroid dienone is 4. The van der Waals surface area contributed by atoms with E-state index in [1.165, 1.54) is 59.9 Å². The van der Waals surface area contributed by atoms with E-state index in [2.05, 4.69) is 61.5 Å². The van der Waals surface area contributed by atoms with E-state index in [1.54, 1.807) is 11.1 Å². The van der Waals surface area contributed by atoms with Crippen LogP contribution in [0, 0.1) is 0 Å². The van der Waals surface area contributed by atoms with Crippen LogP contribution in [0.5, 0.6) is 0 Å². The van der Waals surface area contributed by atoms with Crippen molar-refractivity contribution in [3.05, 3.63) is 76.9 Å². The summed E-state index contributed by atoms with van der Waals surface area (Å²) >= 11 is 0. The molecule has 0 atom stereocenters. The van der Waals surface area contributed by atoms with Crippen molar-refractivity contribution in [3.63, 3.8) is 0 Å². The molecular weight excluding hydrogens is 288 g/mol. The lowest BCUT2D eigenvalue weighted by Crippen LogP contribution is -2.00. The van der Waals surface area contributed by atoms with Gasteiger partial charge in [-0.05, 0) is 64.6 Å². The molecule has 0 heteroatoms. The highest BCUT2D eigenvalue weighted by molar-refractivity contribution is 5.83. The Kier molecular flexibility index (Phi) is 4.38. The summed E-state index contributed by atoms with van der Waals surface area (Å²) in [6, 6.07) is 13.7. The summed E-state index contributed by atoms with van der Waals surface area (Å²) in [5.74, 6) is 0. The second kappa shape index (κ2) is 6.81.